The van der Waals surface area contributed by atoms with Gasteiger partial charge in [-0.3, -0.25) is 9.58 Å². The molecular weight excluding hydrogens is 424 g/mol. The Labute approximate surface area is 189 Å². The van der Waals surface area contributed by atoms with Crippen molar-refractivity contribution in [2.24, 2.45) is 11.1 Å². The first-order chi connectivity index (χ1) is 15.4. The molecule has 0 radical (unpaired) electrons. The molecule has 170 valence electrons. The number of anilines is 1. The van der Waals surface area contributed by atoms with Gasteiger partial charge in [-0.05, 0) is 30.0 Å². The Morgan fingerprint density at radius 1 is 0.938 bits per heavy atom. The molecule has 0 unspecified atom stereocenters. The number of hydrogen-bond acceptors (Lipinski definition) is 6. The van der Waals surface area contributed by atoms with Crippen molar-refractivity contribution >= 4 is 15.7 Å². The highest BCUT2D eigenvalue weighted by atomic mass is 32.2. The average molecular weight is 455 g/mol. The molecule has 9 heteroatoms. The van der Waals surface area contributed by atoms with Gasteiger partial charge < -0.3 is 4.90 Å². The van der Waals surface area contributed by atoms with E-state index in [9.17, 15) is 8.42 Å². The van der Waals surface area contributed by atoms with Crippen LogP contribution in [0.15, 0.2) is 66.9 Å². The molecule has 2 heterocycles. The second-order valence-electron chi connectivity index (χ2n) is 8.42. The highest BCUT2D eigenvalue weighted by molar-refractivity contribution is 7.89. The predicted octanol–water partition coefficient (Wildman–Crippen LogP) is 1.75. The normalized spacial score (nSPS) is 16.2. The molecule has 1 aliphatic rings. The van der Waals surface area contributed by atoms with Crippen molar-refractivity contribution in [2.75, 3.05) is 36.8 Å². The van der Waals surface area contributed by atoms with Crippen molar-refractivity contribution in [3.05, 3.63) is 78.1 Å². The third-order valence-electron chi connectivity index (χ3n) is 5.75. The molecule has 0 amide bonds. The molecule has 32 heavy (non-hydrogen) atoms. The Balaban J connectivity index is 1.33. The summed E-state index contributed by atoms with van der Waals surface area (Å²) in [5.74, 6) is -0.255. The number of piperazine rings is 1. The lowest BCUT2D eigenvalue weighted by Gasteiger charge is -2.35. The van der Waals surface area contributed by atoms with E-state index >= 15 is 0 Å². The summed E-state index contributed by atoms with van der Waals surface area (Å²) in [4.78, 5) is 4.77. The quantitative estimate of drug-likeness (QED) is 0.529. The van der Waals surface area contributed by atoms with E-state index in [1.165, 1.54) is 5.69 Å². The molecule has 1 aromatic heterocycles. The lowest BCUT2D eigenvalue weighted by Crippen LogP contribution is -2.46. The number of benzene rings is 2. The molecule has 0 saturated carbocycles. The maximum atomic E-state index is 11.7. The van der Waals surface area contributed by atoms with E-state index in [1.807, 2.05) is 42.6 Å². The summed E-state index contributed by atoms with van der Waals surface area (Å²) in [7, 11) is -3.58. The molecule has 0 aliphatic carbocycles. The summed E-state index contributed by atoms with van der Waals surface area (Å²) in [6.45, 7) is 5.08. The van der Waals surface area contributed by atoms with E-state index in [0.29, 0.717) is 13.0 Å². The number of rotatable bonds is 9. The molecule has 8 nitrogen and oxygen atoms in total. The summed E-state index contributed by atoms with van der Waals surface area (Å²) >= 11 is 0. The smallest absolute Gasteiger partial charge is 0.209 e. The van der Waals surface area contributed by atoms with Crippen LogP contribution in [-0.2, 0) is 29.5 Å². The van der Waals surface area contributed by atoms with Crippen LogP contribution in [-0.4, -0.2) is 60.2 Å². The van der Waals surface area contributed by atoms with Crippen LogP contribution in [0.2, 0.25) is 0 Å². The van der Waals surface area contributed by atoms with Crippen molar-refractivity contribution in [2.45, 2.75) is 19.5 Å². The van der Waals surface area contributed by atoms with Crippen molar-refractivity contribution in [3.8, 4) is 0 Å². The fraction of sp³-hybridized carbons (Fsp3) is 0.391. The number of hydrogen-bond donors (Lipinski definition) is 1. The highest BCUT2D eigenvalue weighted by Gasteiger charge is 2.20. The van der Waals surface area contributed by atoms with Gasteiger partial charge in [0.2, 0.25) is 10.0 Å². The molecule has 1 atom stereocenters. The summed E-state index contributed by atoms with van der Waals surface area (Å²) in [5, 5.41) is 13.9. The summed E-state index contributed by atoms with van der Waals surface area (Å²) in [6.07, 6.45) is 2.54. The molecule has 1 saturated heterocycles. The molecule has 0 bridgehead atoms. The number of aromatic nitrogens is 3. The van der Waals surface area contributed by atoms with Gasteiger partial charge in [-0.1, -0.05) is 53.7 Å². The van der Waals surface area contributed by atoms with Crippen molar-refractivity contribution in [1.29, 1.82) is 0 Å². The average Bonchev–Trinajstić information content (AvgIpc) is 3.21. The second-order valence-corrected chi connectivity index (χ2v) is 10.1. The Hall–Kier alpha value is -2.75. The number of sulfonamides is 1. The standard InChI is InChI=1S/C23H30N6O2S/c24-32(30,31)19-21(15-20-7-3-1-4-8-20)16-29-18-22(25-26-29)17-27-11-13-28(14-12-27)23-9-5-2-6-10-23/h1-10,18,21H,11-17,19H2,(H2,24,30,31)/t21-/m0/s1. The first-order valence-corrected chi connectivity index (χ1v) is 12.6. The van der Waals surface area contributed by atoms with Crippen molar-refractivity contribution in [3.63, 3.8) is 0 Å². The van der Waals surface area contributed by atoms with Gasteiger partial charge in [-0.2, -0.15) is 0 Å². The van der Waals surface area contributed by atoms with E-state index in [1.54, 1.807) is 4.68 Å². The van der Waals surface area contributed by atoms with Gasteiger partial charge in [-0.25, -0.2) is 13.6 Å². The van der Waals surface area contributed by atoms with Crippen LogP contribution in [0.3, 0.4) is 0 Å². The van der Waals surface area contributed by atoms with Crippen LogP contribution in [0.1, 0.15) is 11.3 Å². The van der Waals surface area contributed by atoms with Gasteiger partial charge in [-0.15, -0.1) is 5.10 Å². The molecular formula is C23H30N6O2S. The van der Waals surface area contributed by atoms with E-state index in [-0.39, 0.29) is 11.7 Å². The van der Waals surface area contributed by atoms with Crippen molar-refractivity contribution in [1.82, 2.24) is 19.9 Å². The van der Waals surface area contributed by atoms with Crippen LogP contribution in [0.25, 0.3) is 0 Å². The third kappa shape index (κ3) is 6.62. The lowest BCUT2D eigenvalue weighted by atomic mass is 10.0. The third-order valence-corrected chi connectivity index (χ3v) is 6.68. The highest BCUT2D eigenvalue weighted by Crippen LogP contribution is 2.17. The van der Waals surface area contributed by atoms with Gasteiger partial charge >= 0.3 is 0 Å². The van der Waals surface area contributed by atoms with Crippen LogP contribution < -0.4 is 10.0 Å². The Kier molecular flexibility index (Phi) is 7.19. The van der Waals surface area contributed by atoms with Crippen molar-refractivity contribution < 1.29 is 8.42 Å². The fourth-order valence-electron chi connectivity index (χ4n) is 4.25. The monoisotopic (exact) mass is 454 g/mol. The molecule has 0 spiro atoms. The topological polar surface area (TPSA) is 97.3 Å². The minimum atomic E-state index is -3.58. The SMILES string of the molecule is NS(=O)(=O)C[C@@H](Cc1ccccc1)Cn1cc(CN2CCN(c3ccccc3)CC2)nn1. The Bertz CT molecular complexity index is 1080. The van der Waals surface area contributed by atoms with Crippen LogP contribution in [0.4, 0.5) is 5.69 Å². The minimum Gasteiger partial charge on any atom is -0.369 e. The fourth-order valence-corrected chi connectivity index (χ4v) is 5.13. The van der Waals surface area contributed by atoms with Crippen LogP contribution in [0.5, 0.6) is 0 Å². The molecule has 2 N–H and O–H groups in total. The number of nitrogens with two attached hydrogens (primary N) is 1. The molecule has 2 aromatic carbocycles. The lowest BCUT2D eigenvalue weighted by molar-refractivity contribution is 0.247. The van der Waals surface area contributed by atoms with Crippen LogP contribution in [0, 0.1) is 5.92 Å². The molecule has 3 aromatic rings. The van der Waals surface area contributed by atoms with Gasteiger partial charge in [0.1, 0.15) is 0 Å². The largest absolute Gasteiger partial charge is 0.369 e. The van der Waals surface area contributed by atoms with Gasteiger partial charge in [0.25, 0.3) is 0 Å². The number of primary sulfonamides is 1. The first kappa shape index (κ1) is 22.4. The maximum Gasteiger partial charge on any atom is 0.209 e. The van der Waals surface area contributed by atoms with Gasteiger partial charge in [0.05, 0.1) is 11.4 Å². The first-order valence-electron chi connectivity index (χ1n) is 10.9. The molecule has 4 rings (SSSR count). The Morgan fingerprint density at radius 3 is 2.25 bits per heavy atom. The van der Waals surface area contributed by atoms with E-state index in [4.69, 9.17) is 5.14 Å². The van der Waals surface area contributed by atoms with Gasteiger partial charge in [0, 0.05) is 51.2 Å². The summed E-state index contributed by atoms with van der Waals surface area (Å²) in [6, 6.07) is 20.3. The Morgan fingerprint density at radius 2 is 1.59 bits per heavy atom. The minimum absolute atomic E-state index is 0.0848. The zero-order valence-corrected chi connectivity index (χ0v) is 18.9. The maximum absolute atomic E-state index is 11.7. The summed E-state index contributed by atoms with van der Waals surface area (Å²) < 4.78 is 25.2. The van der Waals surface area contributed by atoms with E-state index in [0.717, 1.165) is 44.0 Å². The zero-order chi connectivity index (χ0) is 22.4. The predicted molar refractivity (Wildman–Crippen MR) is 126 cm³/mol. The van der Waals surface area contributed by atoms with E-state index < -0.39 is 10.0 Å². The van der Waals surface area contributed by atoms with Gasteiger partial charge in [0.15, 0.2) is 0 Å². The van der Waals surface area contributed by atoms with Crippen LogP contribution >= 0.6 is 0 Å². The molecule has 1 fully saturated rings. The molecule has 1 aliphatic heterocycles. The second kappa shape index (κ2) is 10.2. The number of para-hydroxylation sites is 1. The zero-order valence-electron chi connectivity index (χ0n) is 18.1. The number of nitrogens with zero attached hydrogens (tertiary/aromatic N) is 5. The van der Waals surface area contributed by atoms with E-state index in [2.05, 4.69) is 44.4 Å². The summed E-state index contributed by atoms with van der Waals surface area (Å²) in [5.41, 5.74) is 3.24.